The molecule has 0 aromatic carbocycles. The van der Waals surface area contributed by atoms with Crippen molar-refractivity contribution in [2.75, 3.05) is 14.1 Å². The lowest BCUT2D eigenvalue weighted by molar-refractivity contribution is 0.390. The molecule has 2 aromatic heterocycles. The summed E-state index contributed by atoms with van der Waals surface area (Å²) in [5, 5.41) is 8.90. The summed E-state index contributed by atoms with van der Waals surface area (Å²) in [4.78, 5) is 12.3. The van der Waals surface area contributed by atoms with Crippen molar-refractivity contribution in [1.82, 2.24) is 8.87 Å². The van der Waals surface area contributed by atoms with Crippen LogP contribution in [0.4, 0.5) is 0 Å². The first-order valence-electron chi connectivity index (χ1n) is 6.81. The van der Waals surface area contributed by atoms with Gasteiger partial charge in [0, 0.05) is 19.8 Å². The maximum atomic E-state index is 12.3. The number of aryl methyl sites for hydroxylation is 2. The molecule has 0 fully saturated rings. The van der Waals surface area contributed by atoms with Gasteiger partial charge in [0.25, 0.3) is 15.6 Å². The minimum atomic E-state index is -3.66. The Balaban J connectivity index is 2.45. The number of furan rings is 1. The van der Waals surface area contributed by atoms with Crippen LogP contribution in [0.25, 0.3) is 0 Å². The van der Waals surface area contributed by atoms with Crippen LogP contribution in [0.1, 0.15) is 22.6 Å². The quantitative estimate of drug-likeness (QED) is 0.837. The monoisotopic (exact) mass is 335 g/mol. The summed E-state index contributed by atoms with van der Waals surface area (Å²) in [5.74, 6) is 0.323. The highest BCUT2D eigenvalue weighted by Crippen LogP contribution is 2.18. The lowest BCUT2D eigenvalue weighted by Crippen LogP contribution is -2.26. The second-order valence-electron chi connectivity index (χ2n) is 5.36. The van der Waals surface area contributed by atoms with E-state index in [9.17, 15) is 13.2 Å². The third-order valence-corrected chi connectivity index (χ3v) is 5.19. The van der Waals surface area contributed by atoms with Gasteiger partial charge >= 0.3 is 0 Å². The van der Waals surface area contributed by atoms with E-state index in [-0.39, 0.29) is 17.2 Å². The fourth-order valence-corrected chi connectivity index (χ4v) is 2.99. The van der Waals surface area contributed by atoms with Crippen LogP contribution in [0.2, 0.25) is 0 Å². The molecule has 2 aromatic rings. The number of pyridine rings is 1. The molecule has 0 amide bonds. The van der Waals surface area contributed by atoms with E-state index in [1.54, 1.807) is 19.9 Å². The first-order chi connectivity index (χ1) is 10.7. The van der Waals surface area contributed by atoms with Crippen molar-refractivity contribution in [2.45, 2.75) is 25.5 Å². The van der Waals surface area contributed by atoms with Gasteiger partial charge in [-0.05, 0) is 37.6 Å². The molecule has 0 aliphatic heterocycles. The third kappa shape index (κ3) is 3.06. The van der Waals surface area contributed by atoms with Crippen LogP contribution in [0.3, 0.4) is 0 Å². The smallest absolute Gasteiger partial charge is 0.275 e. The Labute approximate surface area is 134 Å². The van der Waals surface area contributed by atoms with Crippen molar-refractivity contribution in [1.29, 1.82) is 5.26 Å². The largest absolute Gasteiger partial charge is 0.446 e. The third-order valence-electron chi connectivity index (χ3n) is 3.50. The zero-order chi connectivity index (χ0) is 17.4. The molecule has 0 radical (unpaired) electrons. The SMILES string of the molecule is Cc1cc(C)n(Cc2ccc(S(=O)(=O)N(C)C)o2)c(=O)c1C#N. The van der Waals surface area contributed by atoms with Crippen LogP contribution < -0.4 is 5.56 Å². The predicted octanol–water partition coefficient (Wildman–Crippen LogP) is 1.23. The summed E-state index contributed by atoms with van der Waals surface area (Å²) in [6.07, 6.45) is 0. The van der Waals surface area contributed by atoms with Gasteiger partial charge in [-0.15, -0.1) is 0 Å². The maximum Gasteiger partial charge on any atom is 0.275 e. The fraction of sp³-hybridized carbons (Fsp3) is 0.333. The van der Waals surface area contributed by atoms with Crippen LogP contribution in [-0.2, 0) is 16.6 Å². The molecule has 0 saturated heterocycles. The number of aromatic nitrogens is 1. The molecule has 0 bridgehead atoms. The van der Waals surface area contributed by atoms with Crippen molar-refractivity contribution < 1.29 is 12.8 Å². The van der Waals surface area contributed by atoms with Gasteiger partial charge in [0.1, 0.15) is 17.4 Å². The zero-order valence-corrected chi connectivity index (χ0v) is 14.1. The molecule has 2 heterocycles. The zero-order valence-electron chi connectivity index (χ0n) is 13.3. The van der Waals surface area contributed by atoms with Crippen LogP contribution in [0, 0.1) is 25.2 Å². The molecule has 0 spiro atoms. The lowest BCUT2D eigenvalue weighted by Gasteiger charge is -2.11. The fourth-order valence-electron chi connectivity index (χ4n) is 2.18. The van der Waals surface area contributed by atoms with Gasteiger partial charge in [0.15, 0.2) is 0 Å². The van der Waals surface area contributed by atoms with Crippen LogP contribution in [-0.4, -0.2) is 31.4 Å². The molecule has 8 heteroatoms. The number of rotatable bonds is 4. The summed E-state index contributed by atoms with van der Waals surface area (Å²) in [7, 11) is -0.845. The van der Waals surface area contributed by atoms with Crippen LogP contribution in [0.5, 0.6) is 0 Å². The first kappa shape index (κ1) is 17.0. The Morgan fingerprint density at radius 1 is 1.30 bits per heavy atom. The molecule has 0 saturated carbocycles. The van der Waals surface area contributed by atoms with E-state index in [0.717, 1.165) is 4.31 Å². The number of nitrogens with zero attached hydrogens (tertiary/aromatic N) is 3. The molecule has 7 nitrogen and oxygen atoms in total. The molecule has 23 heavy (non-hydrogen) atoms. The van der Waals surface area contributed by atoms with E-state index in [1.165, 1.54) is 30.8 Å². The van der Waals surface area contributed by atoms with E-state index in [2.05, 4.69) is 0 Å². The van der Waals surface area contributed by atoms with Gasteiger partial charge in [-0.2, -0.15) is 5.26 Å². The van der Waals surface area contributed by atoms with Gasteiger partial charge in [0.2, 0.25) is 5.09 Å². The van der Waals surface area contributed by atoms with E-state index < -0.39 is 15.6 Å². The Morgan fingerprint density at radius 2 is 1.96 bits per heavy atom. The molecule has 0 atom stereocenters. The van der Waals surface area contributed by atoms with Crippen molar-refractivity contribution in [3.05, 3.63) is 51.1 Å². The average molecular weight is 335 g/mol. The van der Waals surface area contributed by atoms with Gasteiger partial charge in [0.05, 0.1) is 6.54 Å². The summed E-state index contributed by atoms with van der Waals surface area (Å²) in [6, 6.07) is 6.49. The Hall–Kier alpha value is -2.37. The van der Waals surface area contributed by atoms with Gasteiger partial charge in [-0.3, -0.25) is 4.79 Å². The van der Waals surface area contributed by atoms with Crippen molar-refractivity contribution in [3.63, 3.8) is 0 Å². The van der Waals surface area contributed by atoms with E-state index in [0.29, 0.717) is 17.0 Å². The highest BCUT2D eigenvalue weighted by molar-refractivity contribution is 7.88. The molecule has 0 N–H and O–H groups in total. The Kier molecular flexibility index (Phi) is 4.45. The minimum Gasteiger partial charge on any atom is -0.446 e. The highest BCUT2D eigenvalue weighted by atomic mass is 32.2. The van der Waals surface area contributed by atoms with Crippen LogP contribution >= 0.6 is 0 Å². The summed E-state index contributed by atoms with van der Waals surface area (Å²) in [5.41, 5.74) is 0.934. The standard InChI is InChI=1S/C15H17N3O4S/c1-10-7-11(2)18(15(19)13(10)8-16)9-12-5-6-14(22-12)23(20,21)17(3)4/h5-7H,9H2,1-4H3. The number of hydrogen-bond donors (Lipinski definition) is 0. The van der Waals surface area contributed by atoms with Gasteiger partial charge < -0.3 is 8.98 Å². The molecular weight excluding hydrogens is 318 g/mol. The van der Waals surface area contributed by atoms with E-state index >= 15 is 0 Å². The minimum absolute atomic E-state index is 0.0581. The number of hydrogen-bond acceptors (Lipinski definition) is 5. The van der Waals surface area contributed by atoms with Gasteiger partial charge in [-0.25, -0.2) is 12.7 Å². The second-order valence-corrected chi connectivity index (χ2v) is 7.44. The summed E-state index contributed by atoms with van der Waals surface area (Å²) in [6.45, 7) is 3.50. The first-order valence-corrected chi connectivity index (χ1v) is 8.25. The molecular formula is C15H17N3O4S. The van der Waals surface area contributed by atoms with Crippen molar-refractivity contribution in [3.8, 4) is 6.07 Å². The molecule has 122 valence electrons. The number of sulfonamides is 1. The highest BCUT2D eigenvalue weighted by Gasteiger charge is 2.22. The normalized spacial score (nSPS) is 11.7. The second kappa shape index (κ2) is 6.02. The van der Waals surface area contributed by atoms with E-state index in [1.807, 2.05) is 6.07 Å². The van der Waals surface area contributed by atoms with Crippen molar-refractivity contribution in [2.24, 2.45) is 0 Å². The average Bonchev–Trinajstić information content (AvgIpc) is 2.93. The molecule has 0 aliphatic rings. The topological polar surface area (TPSA) is 96.3 Å². The van der Waals surface area contributed by atoms with Crippen LogP contribution in [0.15, 0.2) is 32.5 Å². The number of nitriles is 1. The Bertz CT molecular complexity index is 946. The molecule has 0 unspecified atom stereocenters. The summed E-state index contributed by atoms with van der Waals surface area (Å²) < 4.78 is 31.8. The Morgan fingerprint density at radius 3 is 2.52 bits per heavy atom. The molecule has 0 aliphatic carbocycles. The summed E-state index contributed by atoms with van der Waals surface area (Å²) >= 11 is 0. The van der Waals surface area contributed by atoms with Gasteiger partial charge in [-0.1, -0.05) is 0 Å². The maximum absolute atomic E-state index is 12.3. The molecule has 2 rings (SSSR count). The van der Waals surface area contributed by atoms with Crippen molar-refractivity contribution >= 4 is 10.0 Å². The predicted molar refractivity (Wildman–Crippen MR) is 83.6 cm³/mol. The van der Waals surface area contributed by atoms with E-state index in [4.69, 9.17) is 9.68 Å². The lowest BCUT2D eigenvalue weighted by atomic mass is 10.1.